The van der Waals surface area contributed by atoms with Crippen molar-refractivity contribution in [2.45, 2.75) is 59.2 Å². The van der Waals surface area contributed by atoms with Gasteiger partial charge in [0.2, 0.25) is 6.29 Å². The first kappa shape index (κ1) is 16.1. The maximum Gasteiger partial charge on any atom is 0.344 e. The summed E-state index contributed by atoms with van der Waals surface area (Å²) in [6.45, 7) is 5.87. The molecular weight excluding hydrogens is 292 g/mol. The molecule has 0 saturated heterocycles. The van der Waals surface area contributed by atoms with Crippen LogP contribution in [0.5, 0.6) is 0 Å². The van der Waals surface area contributed by atoms with Gasteiger partial charge < -0.3 is 14.9 Å². The highest BCUT2D eigenvalue weighted by molar-refractivity contribution is 6.18. The zero-order valence-electron chi connectivity index (χ0n) is 14.0. The summed E-state index contributed by atoms with van der Waals surface area (Å²) in [5.74, 6) is -0.628. The van der Waals surface area contributed by atoms with Gasteiger partial charge >= 0.3 is 5.97 Å². The van der Waals surface area contributed by atoms with Gasteiger partial charge in [0, 0.05) is 0 Å². The molecule has 1 aromatic rings. The van der Waals surface area contributed by atoms with Crippen molar-refractivity contribution in [3.05, 3.63) is 40.1 Å². The lowest BCUT2D eigenvalue weighted by Gasteiger charge is -2.43. The molecule has 1 aliphatic carbocycles. The van der Waals surface area contributed by atoms with Crippen LogP contribution >= 0.6 is 0 Å². The summed E-state index contributed by atoms with van der Waals surface area (Å²) in [6, 6.07) is 3.99. The molecule has 1 atom stereocenters. The van der Waals surface area contributed by atoms with Crippen molar-refractivity contribution in [1.29, 1.82) is 0 Å². The smallest absolute Gasteiger partial charge is 0.344 e. The second-order valence-electron chi connectivity index (χ2n) is 6.97. The van der Waals surface area contributed by atoms with E-state index in [0.29, 0.717) is 12.8 Å². The lowest BCUT2D eigenvalue weighted by Crippen LogP contribution is -2.46. The molecule has 1 fully saturated rings. The van der Waals surface area contributed by atoms with E-state index in [0.717, 1.165) is 41.5 Å². The SMILES string of the molecule is Cc1cc(C)c(C2=C(O)C3(CCCCC3)C(O)OC2=O)c(C)c1. The molecule has 0 bridgehead atoms. The molecule has 0 aromatic heterocycles. The van der Waals surface area contributed by atoms with E-state index in [4.69, 9.17) is 4.74 Å². The largest absolute Gasteiger partial charge is 0.511 e. The number of aliphatic hydroxyl groups excluding tert-OH is 2. The number of hydrogen-bond donors (Lipinski definition) is 2. The molecule has 2 aliphatic rings. The number of benzene rings is 1. The molecule has 4 heteroatoms. The van der Waals surface area contributed by atoms with Gasteiger partial charge in [-0.25, -0.2) is 4.79 Å². The summed E-state index contributed by atoms with van der Waals surface area (Å²) in [5.41, 5.74) is 3.10. The van der Waals surface area contributed by atoms with Gasteiger partial charge in [-0.3, -0.25) is 0 Å². The Balaban J connectivity index is 2.22. The quantitative estimate of drug-likeness (QED) is 0.775. The van der Waals surface area contributed by atoms with Crippen LogP contribution in [0.1, 0.15) is 54.4 Å². The average molecular weight is 316 g/mol. The lowest BCUT2D eigenvalue weighted by molar-refractivity contribution is -0.196. The van der Waals surface area contributed by atoms with Crippen LogP contribution in [-0.4, -0.2) is 22.5 Å². The van der Waals surface area contributed by atoms with E-state index in [2.05, 4.69) is 0 Å². The molecule has 1 heterocycles. The molecule has 1 aromatic carbocycles. The number of rotatable bonds is 1. The summed E-state index contributed by atoms with van der Waals surface area (Å²) < 4.78 is 5.26. The molecule has 1 spiro atoms. The van der Waals surface area contributed by atoms with Gasteiger partial charge in [-0.15, -0.1) is 0 Å². The number of esters is 1. The third-order valence-corrected chi connectivity index (χ3v) is 5.28. The van der Waals surface area contributed by atoms with E-state index in [1.807, 2.05) is 32.9 Å². The monoisotopic (exact) mass is 316 g/mol. The van der Waals surface area contributed by atoms with Gasteiger partial charge in [-0.2, -0.15) is 0 Å². The van der Waals surface area contributed by atoms with Crippen LogP contribution in [-0.2, 0) is 9.53 Å². The summed E-state index contributed by atoms with van der Waals surface area (Å²) in [7, 11) is 0. The number of carbonyl (C=O) groups excluding carboxylic acids is 1. The first-order valence-corrected chi connectivity index (χ1v) is 8.28. The fraction of sp³-hybridized carbons (Fsp3) is 0.526. The van der Waals surface area contributed by atoms with Crippen molar-refractivity contribution < 1.29 is 19.7 Å². The molecule has 1 unspecified atom stereocenters. The Morgan fingerprint density at radius 1 is 1.09 bits per heavy atom. The number of hydrogen-bond acceptors (Lipinski definition) is 4. The molecule has 0 amide bonds. The second kappa shape index (κ2) is 5.68. The maximum absolute atomic E-state index is 12.4. The van der Waals surface area contributed by atoms with Crippen LogP contribution in [0.15, 0.2) is 17.9 Å². The lowest BCUT2D eigenvalue weighted by atomic mass is 9.69. The average Bonchev–Trinajstić information content (AvgIpc) is 2.49. The first-order chi connectivity index (χ1) is 10.9. The summed E-state index contributed by atoms with van der Waals surface area (Å²) in [6.07, 6.45) is 2.93. The molecule has 4 nitrogen and oxygen atoms in total. The fourth-order valence-electron chi connectivity index (χ4n) is 4.20. The standard InChI is InChI=1S/C19H24O4/c1-11-9-12(2)14(13(3)10-11)15-16(20)19(7-5-4-6-8-19)18(22)23-17(15)21/h9-10,18,20,22H,4-8H2,1-3H3. The summed E-state index contributed by atoms with van der Waals surface area (Å²) >= 11 is 0. The van der Waals surface area contributed by atoms with Crippen LogP contribution in [0.2, 0.25) is 0 Å². The molecule has 23 heavy (non-hydrogen) atoms. The van der Waals surface area contributed by atoms with E-state index < -0.39 is 17.7 Å². The Bertz CT molecular complexity index is 658. The predicted octanol–water partition coefficient (Wildman–Crippen LogP) is 3.71. The Morgan fingerprint density at radius 3 is 2.22 bits per heavy atom. The molecule has 2 N–H and O–H groups in total. The van der Waals surface area contributed by atoms with Crippen LogP contribution in [0, 0.1) is 26.2 Å². The normalized spacial score (nSPS) is 24.0. The highest BCUT2D eigenvalue weighted by Crippen LogP contribution is 2.50. The Morgan fingerprint density at radius 2 is 1.65 bits per heavy atom. The fourth-order valence-corrected chi connectivity index (χ4v) is 4.20. The van der Waals surface area contributed by atoms with Crippen molar-refractivity contribution in [2.75, 3.05) is 0 Å². The maximum atomic E-state index is 12.4. The number of aliphatic hydroxyl groups is 2. The third-order valence-electron chi connectivity index (χ3n) is 5.28. The predicted molar refractivity (Wildman–Crippen MR) is 87.8 cm³/mol. The minimum atomic E-state index is -1.26. The Kier molecular flexibility index (Phi) is 3.96. The Hall–Kier alpha value is -1.81. The van der Waals surface area contributed by atoms with Crippen LogP contribution in [0.25, 0.3) is 5.57 Å². The Labute approximate surface area is 136 Å². The van der Waals surface area contributed by atoms with E-state index in [9.17, 15) is 15.0 Å². The summed E-state index contributed by atoms with van der Waals surface area (Å²) in [4.78, 5) is 12.4. The minimum Gasteiger partial charge on any atom is -0.511 e. The van der Waals surface area contributed by atoms with Crippen molar-refractivity contribution in [2.24, 2.45) is 5.41 Å². The molecule has 124 valence electrons. The van der Waals surface area contributed by atoms with Crippen LogP contribution in [0.4, 0.5) is 0 Å². The number of cyclic esters (lactones) is 1. The first-order valence-electron chi connectivity index (χ1n) is 8.28. The van der Waals surface area contributed by atoms with Gasteiger partial charge in [0.25, 0.3) is 0 Å². The van der Waals surface area contributed by atoms with Crippen molar-refractivity contribution in [1.82, 2.24) is 0 Å². The topological polar surface area (TPSA) is 66.8 Å². The minimum absolute atomic E-state index is 0.0102. The van der Waals surface area contributed by atoms with E-state index in [-0.39, 0.29) is 11.3 Å². The molecule has 0 radical (unpaired) electrons. The van der Waals surface area contributed by atoms with E-state index in [1.165, 1.54) is 0 Å². The second-order valence-corrected chi connectivity index (χ2v) is 6.97. The number of carbonyl (C=O) groups is 1. The van der Waals surface area contributed by atoms with E-state index >= 15 is 0 Å². The third kappa shape index (κ3) is 2.45. The molecule has 1 aliphatic heterocycles. The van der Waals surface area contributed by atoms with Gasteiger partial charge in [0.05, 0.1) is 5.41 Å². The zero-order valence-corrected chi connectivity index (χ0v) is 14.0. The zero-order chi connectivity index (χ0) is 16.8. The van der Waals surface area contributed by atoms with Crippen LogP contribution < -0.4 is 0 Å². The number of aryl methyl sites for hydroxylation is 3. The highest BCUT2D eigenvalue weighted by atomic mass is 16.6. The van der Waals surface area contributed by atoms with Crippen molar-refractivity contribution >= 4 is 11.5 Å². The van der Waals surface area contributed by atoms with E-state index in [1.54, 1.807) is 0 Å². The molecule has 1 saturated carbocycles. The van der Waals surface area contributed by atoms with Gasteiger partial charge in [-0.05, 0) is 50.3 Å². The van der Waals surface area contributed by atoms with Gasteiger partial charge in [0.15, 0.2) is 0 Å². The molecular formula is C19H24O4. The van der Waals surface area contributed by atoms with Crippen molar-refractivity contribution in [3.63, 3.8) is 0 Å². The van der Waals surface area contributed by atoms with Crippen molar-refractivity contribution in [3.8, 4) is 0 Å². The van der Waals surface area contributed by atoms with Crippen LogP contribution in [0.3, 0.4) is 0 Å². The van der Waals surface area contributed by atoms with Gasteiger partial charge in [0.1, 0.15) is 11.3 Å². The summed E-state index contributed by atoms with van der Waals surface area (Å²) in [5, 5.41) is 21.3. The highest BCUT2D eigenvalue weighted by Gasteiger charge is 2.51. The number of ether oxygens (including phenoxy) is 1. The molecule has 3 rings (SSSR count). The van der Waals surface area contributed by atoms with Gasteiger partial charge in [-0.1, -0.05) is 37.0 Å².